The molecule has 1 heterocycles. The monoisotopic (exact) mass is 205 g/mol. The van der Waals surface area contributed by atoms with Crippen molar-refractivity contribution in [1.29, 1.82) is 0 Å². The number of rotatable bonds is 2. The van der Waals surface area contributed by atoms with Gasteiger partial charge in [-0.15, -0.1) is 0 Å². The Kier molecular flexibility index (Phi) is 3.82. The van der Waals surface area contributed by atoms with Crippen LogP contribution in [0.2, 0.25) is 0 Å². The third-order valence-electron chi connectivity index (χ3n) is 2.20. The van der Waals surface area contributed by atoms with E-state index in [0.717, 1.165) is 0 Å². The van der Waals surface area contributed by atoms with Crippen LogP contribution in [0.3, 0.4) is 0 Å². The van der Waals surface area contributed by atoms with Crippen LogP contribution in [0.5, 0.6) is 0 Å². The Morgan fingerprint density at radius 2 is 2.14 bits per heavy atom. The molecule has 1 rings (SSSR count). The first-order valence-corrected chi connectivity index (χ1v) is 4.42. The zero-order chi connectivity index (χ0) is 10.7. The molecular weight excluding hydrogens is 190 g/mol. The molecule has 0 aromatic rings. The first-order chi connectivity index (χ1) is 6.56. The fourth-order valence-electron chi connectivity index (χ4n) is 1.43. The van der Waals surface area contributed by atoms with Gasteiger partial charge in [-0.05, 0) is 0 Å². The number of aliphatic hydroxyl groups excluding tert-OH is 3. The molecule has 0 saturated carbocycles. The molecule has 4 atom stereocenters. The highest BCUT2D eigenvalue weighted by Gasteiger charge is 2.38. The topological polar surface area (TPSA) is 99.0 Å². The summed E-state index contributed by atoms with van der Waals surface area (Å²) in [4.78, 5) is 10.7. The summed E-state index contributed by atoms with van der Waals surface area (Å²) in [5.74, 6) is -0.299. The summed E-state index contributed by atoms with van der Waals surface area (Å²) >= 11 is 0. The Balaban J connectivity index is 2.54. The minimum absolute atomic E-state index is 0.0863. The number of hydrogen-bond acceptors (Lipinski definition) is 5. The molecule has 6 heteroatoms. The Morgan fingerprint density at radius 3 is 2.64 bits per heavy atom. The quantitative estimate of drug-likeness (QED) is 0.403. The van der Waals surface area contributed by atoms with E-state index in [9.17, 15) is 15.0 Å². The summed E-state index contributed by atoms with van der Waals surface area (Å²) in [7, 11) is 0. The van der Waals surface area contributed by atoms with Gasteiger partial charge in [-0.1, -0.05) is 0 Å². The number of carbonyl (C=O) groups excluding carboxylic acids is 1. The Bertz CT molecular complexity index is 210. The number of amides is 1. The number of aliphatic hydroxyl groups is 3. The van der Waals surface area contributed by atoms with Crippen molar-refractivity contribution in [3.05, 3.63) is 0 Å². The van der Waals surface area contributed by atoms with Gasteiger partial charge in [0.25, 0.3) is 0 Å². The zero-order valence-corrected chi connectivity index (χ0v) is 7.88. The van der Waals surface area contributed by atoms with Crippen molar-refractivity contribution in [2.45, 2.75) is 31.3 Å². The molecule has 2 unspecified atom stereocenters. The largest absolute Gasteiger partial charge is 0.394 e. The van der Waals surface area contributed by atoms with Gasteiger partial charge >= 0.3 is 0 Å². The molecule has 0 aliphatic carbocycles. The summed E-state index contributed by atoms with van der Waals surface area (Å²) < 4.78 is 5.05. The van der Waals surface area contributed by atoms with Crippen molar-refractivity contribution in [2.24, 2.45) is 0 Å². The lowest BCUT2D eigenvalue weighted by Crippen LogP contribution is -2.59. The second-order valence-electron chi connectivity index (χ2n) is 3.34. The Hall–Kier alpha value is -0.690. The average Bonchev–Trinajstić information content (AvgIpc) is 2.13. The third kappa shape index (κ3) is 2.42. The predicted molar refractivity (Wildman–Crippen MR) is 46.4 cm³/mol. The molecule has 0 aromatic heterocycles. The van der Waals surface area contributed by atoms with Gasteiger partial charge in [0.05, 0.1) is 19.3 Å². The lowest BCUT2D eigenvalue weighted by atomic mass is 9.98. The highest BCUT2D eigenvalue weighted by Crippen LogP contribution is 2.14. The van der Waals surface area contributed by atoms with E-state index in [1.807, 2.05) is 0 Å². The first kappa shape index (κ1) is 11.4. The molecule has 1 amide bonds. The van der Waals surface area contributed by atoms with Crippen molar-refractivity contribution in [3.8, 4) is 0 Å². The standard InChI is InChI=1S/C8H15NO5/c1-4(11)9-5-3-14-6(2-10)8(13)7(5)12/h5-8,10,12-13H,2-3H2,1H3,(H,9,11)/t5-,6?,7?,8-/m1/s1. The van der Waals surface area contributed by atoms with Gasteiger partial charge in [-0.3, -0.25) is 4.79 Å². The number of nitrogens with one attached hydrogen (secondary N) is 1. The van der Waals surface area contributed by atoms with Gasteiger partial charge in [-0.25, -0.2) is 0 Å². The van der Waals surface area contributed by atoms with Crippen molar-refractivity contribution in [2.75, 3.05) is 13.2 Å². The fraction of sp³-hybridized carbons (Fsp3) is 0.875. The van der Waals surface area contributed by atoms with Crippen molar-refractivity contribution >= 4 is 5.91 Å². The molecule has 1 fully saturated rings. The first-order valence-electron chi connectivity index (χ1n) is 4.42. The third-order valence-corrected chi connectivity index (χ3v) is 2.20. The van der Waals surface area contributed by atoms with E-state index in [2.05, 4.69) is 5.32 Å². The van der Waals surface area contributed by atoms with E-state index in [4.69, 9.17) is 9.84 Å². The summed E-state index contributed by atoms with van der Waals surface area (Å²) in [5.41, 5.74) is 0. The molecule has 1 aliphatic heterocycles. The molecule has 1 saturated heterocycles. The molecule has 6 nitrogen and oxygen atoms in total. The van der Waals surface area contributed by atoms with E-state index in [1.54, 1.807) is 0 Å². The fourth-order valence-corrected chi connectivity index (χ4v) is 1.43. The maximum absolute atomic E-state index is 10.7. The Morgan fingerprint density at radius 1 is 1.50 bits per heavy atom. The van der Waals surface area contributed by atoms with Crippen LogP contribution in [-0.2, 0) is 9.53 Å². The summed E-state index contributed by atoms with van der Waals surface area (Å²) in [6, 6.07) is -0.620. The van der Waals surface area contributed by atoms with Crippen LogP contribution < -0.4 is 5.32 Å². The van der Waals surface area contributed by atoms with Gasteiger partial charge in [0.2, 0.25) is 5.91 Å². The maximum Gasteiger partial charge on any atom is 0.217 e. The minimum Gasteiger partial charge on any atom is -0.394 e. The second kappa shape index (κ2) is 4.70. The van der Waals surface area contributed by atoms with Crippen LogP contribution >= 0.6 is 0 Å². The maximum atomic E-state index is 10.7. The predicted octanol–water partition coefficient (Wildman–Crippen LogP) is -2.40. The zero-order valence-electron chi connectivity index (χ0n) is 7.88. The molecule has 82 valence electrons. The molecule has 14 heavy (non-hydrogen) atoms. The van der Waals surface area contributed by atoms with Gasteiger partial charge in [0.1, 0.15) is 18.3 Å². The van der Waals surface area contributed by atoms with E-state index in [0.29, 0.717) is 0 Å². The van der Waals surface area contributed by atoms with Gasteiger partial charge in [-0.2, -0.15) is 0 Å². The molecule has 0 aromatic carbocycles. The second-order valence-corrected chi connectivity index (χ2v) is 3.34. The summed E-state index contributed by atoms with van der Waals surface area (Å²) in [6.45, 7) is 1.05. The van der Waals surface area contributed by atoms with Crippen LogP contribution in [0, 0.1) is 0 Å². The lowest BCUT2D eigenvalue weighted by Gasteiger charge is -2.36. The molecule has 0 spiro atoms. The highest BCUT2D eigenvalue weighted by atomic mass is 16.5. The number of hydrogen-bond donors (Lipinski definition) is 4. The van der Waals surface area contributed by atoms with Crippen LogP contribution in [0.25, 0.3) is 0 Å². The van der Waals surface area contributed by atoms with Crippen LogP contribution in [0.4, 0.5) is 0 Å². The summed E-state index contributed by atoms with van der Waals surface area (Å²) in [5, 5.41) is 30.2. The van der Waals surface area contributed by atoms with Crippen molar-refractivity contribution in [3.63, 3.8) is 0 Å². The van der Waals surface area contributed by atoms with E-state index in [1.165, 1.54) is 6.92 Å². The summed E-state index contributed by atoms with van der Waals surface area (Å²) in [6.07, 6.45) is -3.06. The number of carbonyl (C=O) groups is 1. The smallest absolute Gasteiger partial charge is 0.217 e. The molecule has 4 N–H and O–H groups in total. The Labute approximate surface area is 81.5 Å². The van der Waals surface area contributed by atoms with Gasteiger partial charge in [0, 0.05) is 6.92 Å². The average molecular weight is 205 g/mol. The van der Waals surface area contributed by atoms with Crippen LogP contribution in [-0.4, -0.2) is 58.8 Å². The minimum atomic E-state index is -1.18. The van der Waals surface area contributed by atoms with E-state index in [-0.39, 0.29) is 19.1 Å². The van der Waals surface area contributed by atoms with Crippen molar-refractivity contribution < 1.29 is 24.9 Å². The van der Waals surface area contributed by atoms with Crippen LogP contribution in [0.1, 0.15) is 6.92 Å². The van der Waals surface area contributed by atoms with E-state index < -0.39 is 24.4 Å². The van der Waals surface area contributed by atoms with Gasteiger partial charge in [0.15, 0.2) is 0 Å². The van der Waals surface area contributed by atoms with Crippen LogP contribution in [0.15, 0.2) is 0 Å². The SMILES string of the molecule is CC(=O)N[C@@H]1COC(CO)[C@@H](O)C1O. The lowest BCUT2D eigenvalue weighted by molar-refractivity contribution is -0.164. The number of ether oxygens (including phenoxy) is 1. The molecule has 0 radical (unpaired) electrons. The molecule has 0 bridgehead atoms. The van der Waals surface area contributed by atoms with E-state index >= 15 is 0 Å². The molecular formula is C8H15NO5. The van der Waals surface area contributed by atoms with Gasteiger partial charge < -0.3 is 25.4 Å². The van der Waals surface area contributed by atoms with Crippen molar-refractivity contribution in [1.82, 2.24) is 5.32 Å². The normalized spacial score (nSPS) is 38.0. The molecule has 1 aliphatic rings. The highest BCUT2D eigenvalue weighted by molar-refractivity contribution is 5.73.